The average Bonchev–Trinajstić information content (AvgIpc) is 2.39. The van der Waals surface area contributed by atoms with E-state index >= 15 is 0 Å². The first-order valence-electron chi connectivity index (χ1n) is 5.86. The van der Waals surface area contributed by atoms with Crippen LogP contribution in [-0.4, -0.2) is 17.9 Å². The van der Waals surface area contributed by atoms with Gasteiger partial charge in [0.15, 0.2) is 5.78 Å². The van der Waals surface area contributed by atoms with E-state index in [1.54, 1.807) is 19.2 Å². The maximum absolute atomic E-state index is 12.1. The molecule has 16 heavy (non-hydrogen) atoms. The van der Waals surface area contributed by atoms with Gasteiger partial charge in [-0.25, -0.2) is 4.98 Å². The van der Waals surface area contributed by atoms with Gasteiger partial charge < -0.3 is 4.74 Å². The number of rotatable bonds is 3. The molecule has 1 aromatic rings. The third kappa shape index (κ3) is 2.40. The molecule has 1 aromatic heterocycles. The van der Waals surface area contributed by atoms with E-state index in [0.29, 0.717) is 11.6 Å². The fourth-order valence-electron chi connectivity index (χ4n) is 2.24. The van der Waals surface area contributed by atoms with Crippen LogP contribution in [0.3, 0.4) is 0 Å². The van der Waals surface area contributed by atoms with Crippen molar-refractivity contribution in [3.05, 3.63) is 23.9 Å². The van der Waals surface area contributed by atoms with Gasteiger partial charge in [-0.1, -0.05) is 25.3 Å². The minimum Gasteiger partial charge on any atom is -0.481 e. The monoisotopic (exact) mass is 219 g/mol. The Bertz CT molecular complexity index is 370. The zero-order chi connectivity index (χ0) is 11.4. The van der Waals surface area contributed by atoms with Crippen molar-refractivity contribution in [2.45, 2.75) is 32.1 Å². The third-order valence-corrected chi connectivity index (χ3v) is 3.16. The van der Waals surface area contributed by atoms with Crippen LogP contribution in [0.15, 0.2) is 18.2 Å². The summed E-state index contributed by atoms with van der Waals surface area (Å²) in [7, 11) is 1.57. The van der Waals surface area contributed by atoms with E-state index in [1.807, 2.05) is 6.07 Å². The van der Waals surface area contributed by atoms with Crippen molar-refractivity contribution in [2.24, 2.45) is 5.92 Å². The molecule has 0 N–H and O–H groups in total. The van der Waals surface area contributed by atoms with Crippen LogP contribution in [0, 0.1) is 5.92 Å². The summed E-state index contributed by atoms with van der Waals surface area (Å²) >= 11 is 0. The number of nitrogens with zero attached hydrogens (tertiary/aromatic N) is 1. The van der Waals surface area contributed by atoms with E-state index in [9.17, 15) is 4.79 Å². The first-order valence-corrected chi connectivity index (χ1v) is 5.86. The Morgan fingerprint density at radius 3 is 2.75 bits per heavy atom. The largest absolute Gasteiger partial charge is 0.481 e. The van der Waals surface area contributed by atoms with Crippen LogP contribution in [0.1, 0.15) is 42.6 Å². The summed E-state index contributed by atoms with van der Waals surface area (Å²) in [5.41, 5.74) is 0.547. The van der Waals surface area contributed by atoms with Gasteiger partial charge in [0.25, 0.3) is 0 Å². The lowest BCUT2D eigenvalue weighted by Crippen LogP contribution is -2.18. The summed E-state index contributed by atoms with van der Waals surface area (Å²) in [6.45, 7) is 0. The Morgan fingerprint density at radius 1 is 1.31 bits per heavy atom. The maximum atomic E-state index is 12.1. The van der Waals surface area contributed by atoms with E-state index in [-0.39, 0.29) is 11.7 Å². The zero-order valence-corrected chi connectivity index (χ0v) is 9.61. The molecule has 0 bridgehead atoms. The molecule has 1 aliphatic carbocycles. The van der Waals surface area contributed by atoms with Crippen LogP contribution in [0.4, 0.5) is 0 Å². The van der Waals surface area contributed by atoms with Gasteiger partial charge >= 0.3 is 0 Å². The number of ketones is 1. The molecule has 0 spiro atoms. The molecule has 0 amide bonds. The highest BCUT2D eigenvalue weighted by atomic mass is 16.5. The van der Waals surface area contributed by atoms with Crippen LogP contribution < -0.4 is 4.74 Å². The summed E-state index contributed by atoms with van der Waals surface area (Å²) in [6.07, 6.45) is 5.62. The molecule has 0 unspecified atom stereocenters. The highest BCUT2D eigenvalue weighted by Crippen LogP contribution is 2.26. The number of pyridine rings is 1. The van der Waals surface area contributed by atoms with Gasteiger partial charge in [0.1, 0.15) is 5.69 Å². The number of hydrogen-bond acceptors (Lipinski definition) is 3. The highest BCUT2D eigenvalue weighted by Gasteiger charge is 2.23. The summed E-state index contributed by atoms with van der Waals surface area (Å²) in [5.74, 6) is 0.869. The lowest BCUT2D eigenvalue weighted by molar-refractivity contribution is 0.0883. The van der Waals surface area contributed by atoms with Crippen LogP contribution in [0.25, 0.3) is 0 Å². The molecule has 1 saturated carbocycles. The number of carbonyl (C=O) groups excluding carboxylic acids is 1. The fraction of sp³-hybridized carbons (Fsp3) is 0.538. The van der Waals surface area contributed by atoms with Gasteiger partial charge in [-0.05, 0) is 18.9 Å². The third-order valence-electron chi connectivity index (χ3n) is 3.16. The lowest BCUT2D eigenvalue weighted by atomic mass is 9.85. The predicted molar refractivity (Wildman–Crippen MR) is 61.7 cm³/mol. The molecule has 0 saturated heterocycles. The van der Waals surface area contributed by atoms with Gasteiger partial charge in [0.05, 0.1) is 7.11 Å². The van der Waals surface area contributed by atoms with Crippen LogP contribution in [0.5, 0.6) is 5.88 Å². The second-order valence-electron chi connectivity index (χ2n) is 4.26. The van der Waals surface area contributed by atoms with Crippen molar-refractivity contribution in [1.29, 1.82) is 0 Å². The standard InChI is InChI=1S/C13H17NO2/c1-16-12-9-5-8-11(14-12)13(15)10-6-3-2-4-7-10/h5,8-10H,2-4,6-7H2,1H3. The molecule has 1 aliphatic rings. The van der Waals surface area contributed by atoms with Crippen LogP contribution in [0.2, 0.25) is 0 Å². The quantitative estimate of drug-likeness (QED) is 0.734. The van der Waals surface area contributed by atoms with Gasteiger partial charge in [0, 0.05) is 12.0 Å². The molecule has 2 rings (SSSR count). The Kier molecular flexibility index (Phi) is 3.54. The Morgan fingerprint density at radius 2 is 2.06 bits per heavy atom. The smallest absolute Gasteiger partial charge is 0.213 e. The first kappa shape index (κ1) is 11.1. The van der Waals surface area contributed by atoms with E-state index in [4.69, 9.17) is 4.74 Å². The van der Waals surface area contributed by atoms with Crippen molar-refractivity contribution in [2.75, 3.05) is 7.11 Å². The number of Topliss-reactive ketones (excluding diaryl/α,β-unsaturated/α-hetero) is 1. The van der Waals surface area contributed by atoms with Crippen molar-refractivity contribution < 1.29 is 9.53 Å². The van der Waals surface area contributed by atoms with Crippen molar-refractivity contribution in [3.8, 4) is 5.88 Å². The predicted octanol–water partition coefficient (Wildman–Crippen LogP) is 2.85. The number of ether oxygens (including phenoxy) is 1. The Hall–Kier alpha value is -1.38. The summed E-state index contributed by atoms with van der Waals surface area (Å²) in [6, 6.07) is 5.36. The molecule has 3 heteroatoms. The van der Waals surface area contributed by atoms with Gasteiger partial charge in [-0.2, -0.15) is 0 Å². The van der Waals surface area contributed by atoms with Crippen LogP contribution in [-0.2, 0) is 0 Å². The van der Waals surface area contributed by atoms with Gasteiger partial charge in [0.2, 0.25) is 5.88 Å². The molecule has 0 aliphatic heterocycles. The number of hydrogen-bond donors (Lipinski definition) is 0. The van der Waals surface area contributed by atoms with Gasteiger partial charge in [-0.15, -0.1) is 0 Å². The van der Waals surface area contributed by atoms with Crippen LogP contribution >= 0.6 is 0 Å². The van der Waals surface area contributed by atoms with Crippen molar-refractivity contribution in [1.82, 2.24) is 4.98 Å². The fourth-order valence-corrected chi connectivity index (χ4v) is 2.24. The highest BCUT2D eigenvalue weighted by molar-refractivity contribution is 5.96. The molecule has 3 nitrogen and oxygen atoms in total. The first-order chi connectivity index (χ1) is 7.81. The zero-order valence-electron chi connectivity index (χ0n) is 9.61. The normalized spacial score (nSPS) is 17.1. The Balaban J connectivity index is 2.12. The number of aromatic nitrogens is 1. The minimum absolute atomic E-state index is 0.174. The van der Waals surface area contributed by atoms with E-state index in [0.717, 1.165) is 12.8 Å². The second-order valence-corrected chi connectivity index (χ2v) is 4.26. The summed E-state index contributed by atoms with van der Waals surface area (Å²) < 4.78 is 5.03. The molecule has 0 aromatic carbocycles. The topological polar surface area (TPSA) is 39.2 Å². The summed E-state index contributed by atoms with van der Waals surface area (Å²) in [5, 5.41) is 0. The van der Waals surface area contributed by atoms with E-state index in [2.05, 4.69) is 4.98 Å². The number of methoxy groups -OCH3 is 1. The van der Waals surface area contributed by atoms with Gasteiger partial charge in [-0.3, -0.25) is 4.79 Å². The molecule has 86 valence electrons. The van der Waals surface area contributed by atoms with Crippen molar-refractivity contribution in [3.63, 3.8) is 0 Å². The molecular formula is C13H17NO2. The Labute approximate surface area is 95.8 Å². The minimum atomic E-state index is 0.174. The SMILES string of the molecule is COc1cccc(C(=O)C2CCCCC2)n1. The number of carbonyl (C=O) groups is 1. The molecular weight excluding hydrogens is 202 g/mol. The van der Waals surface area contributed by atoms with Crippen molar-refractivity contribution >= 4 is 5.78 Å². The second kappa shape index (κ2) is 5.10. The molecule has 1 heterocycles. The molecule has 1 fully saturated rings. The average molecular weight is 219 g/mol. The van der Waals surface area contributed by atoms with E-state index in [1.165, 1.54) is 19.3 Å². The van der Waals surface area contributed by atoms with E-state index < -0.39 is 0 Å². The molecule has 0 radical (unpaired) electrons. The lowest BCUT2D eigenvalue weighted by Gasteiger charge is -2.19. The maximum Gasteiger partial charge on any atom is 0.213 e. The summed E-state index contributed by atoms with van der Waals surface area (Å²) in [4.78, 5) is 16.3. The molecule has 0 atom stereocenters.